The molecule has 3 aromatic rings. The Kier molecular flexibility index (Phi) is 3.23. The van der Waals surface area contributed by atoms with E-state index < -0.39 is 0 Å². The summed E-state index contributed by atoms with van der Waals surface area (Å²) in [6.07, 6.45) is 3.43. The number of fused-ring (bicyclic) bond motifs is 1. The lowest BCUT2D eigenvalue weighted by molar-refractivity contribution is -0.119. The Morgan fingerprint density at radius 1 is 1.45 bits per heavy atom. The van der Waals surface area contributed by atoms with Crippen LogP contribution in [0.25, 0.3) is 10.2 Å². The molecule has 0 aliphatic carbocycles. The molecule has 1 N–H and O–H groups in total. The number of aromatic nitrogens is 3. The molecule has 0 fully saturated rings. The summed E-state index contributed by atoms with van der Waals surface area (Å²) in [5.41, 5.74) is 2.09. The normalized spacial score (nSPS) is 12.5. The standard InChI is InChI=1S/C14H14N4OS/c1-9-4-5-11-12(8-9)20-14(16-11)17-13(19)10(2)18-7-3-6-15-18/h3-8,10H,1-2H3,(H,16,17,19). The van der Waals surface area contributed by atoms with Gasteiger partial charge in [-0.1, -0.05) is 17.4 Å². The van der Waals surface area contributed by atoms with Gasteiger partial charge in [0.25, 0.3) is 5.91 Å². The van der Waals surface area contributed by atoms with Gasteiger partial charge >= 0.3 is 0 Å². The molecule has 2 aromatic heterocycles. The number of carbonyl (C=O) groups excluding carboxylic acids is 1. The molecule has 1 aromatic carbocycles. The van der Waals surface area contributed by atoms with Crippen molar-refractivity contribution in [3.63, 3.8) is 0 Å². The molecule has 2 heterocycles. The molecule has 102 valence electrons. The van der Waals surface area contributed by atoms with E-state index in [9.17, 15) is 4.79 Å². The zero-order chi connectivity index (χ0) is 14.1. The fourth-order valence-electron chi connectivity index (χ4n) is 1.93. The highest BCUT2D eigenvalue weighted by atomic mass is 32.1. The lowest BCUT2D eigenvalue weighted by Crippen LogP contribution is -2.23. The average molecular weight is 286 g/mol. The van der Waals surface area contributed by atoms with Crippen LogP contribution in [0.2, 0.25) is 0 Å². The summed E-state index contributed by atoms with van der Waals surface area (Å²) in [6.45, 7) is 3.84. The van der Waals surface area contributed by atoms with Gasteiger partial charge in [-0.3, -0.25) is 9.48 Å². The van der Waals surface area contributed by atoms with Crippen LogP contribution in [0.1, 0.15) is 18.5 Å². The van der Waals surface area contributed by atoms with Gasteiger partial charge < -0.3 is 5.32 Å². The summed E-state index contributed by atoms with van der Waals surface area (Å²) < 4.78 is 2.69. The lowest BCUT2D eigenvalue weighted by atomic mass is 10.2. The molecule has 0 saturated heterocycles. The van der Waals surface area contributed by atoms with E-state index >= 15 is 0 Å². The zero-order valence-electron chi connectivity index (χ0n) is 11.2. The number of anilines is 1. The van der Waals surface area contributed by atoms with Gasteiger partial charge in [0, 0.05) is 12.4 Å². The quantitative estimate of drug-likeness (QED) is 0.805. The van der Waals surface area contributed by atoms with E-state index in [0.717, 1.165) is 10.2 Å². The van der Waals surface area contributed by atoms with Crippen LogP contribution >= 0.6 is 11.3 Å². The van der Waals surface area contributed by atoms with Gasteiger partial charge in [-0.25, -0.2) is 4.98 Å². The number of carbonyl (C=O) groups is 1. The van der Waals surface area contributed by atoms with Crippen molar-refractivity contribution in [1.29, 1.82) is 0 Å². The van der Waals surface area contributed by atoms with Crippen molar-refractivity contribution >= 4 is 32.6 Å². The van der Waals surface area contributed by atoms with E-state index in [4.69, 9.17) is 0 Å². The molecule has 0 aliphatic heterocycles. The number of hydrogen-bond acceptors (Lipinski definition) is 4. The summed E-state index contributed by atoms with van der Waals surface area (Å²) in [4.78, 5) is 16.6. The van der Waals surface area contributed by atoms with Gasteiger partial charge in [0.2, 0.25) is 0 Å². The van der Waals surface area contributed by atoms with E-state index in [1.54, 1.807) is 30.1 Å². The fraction of sp³-hybridized carbons (Fsp3) is 0.214. The second-order valence-electron chi connectivity index (χ2n) is 4.64. The van der Waals surface area contributed by atoms with Crippen molar-refractivity contribution in [2.24, 2.45) is 0 Å². The summed E-state index contributed by atoms with van der Waals surface area (Å²) in [7, 11) is 0. The number of hydrogen-bond donors (Lipinski definition) is 1. The van der Waals surface area contributed by atoms with Crippen molar-refractivity contribution in [2.75, 3.05) is 5.32 Å². The Morgan fingerprint density at radius 3 is 3.05 bits per heavy atom. The highest BCUT2D eigenvalue weighted by molar-refractivity contribution is 7.22. The molecule has 1 amide bonds. The van der Waals surface area contributed by atoms with E-state index in [2.05, 4.69) is 21.5 Å². The van der Waals surface area contributed by atoms with E-state index in [-0.39, 0.29) is 11.9 Å². The van der Waals surface area contributed by atoms with E-state index in [1.807, 2.05) is 19.1 Å². The monoisotopic (exact) mass is 286 g/mol. The number of thiazole rings is 1. The van der Waals surface area contributed by atoms with Crippen LogP contribution in [0.4, 0.5) is 5.13 Å². The zero-order valence-corrected chi connectivity index (χ0v) is 12.0. The molecule has 5 nitrogen and oxygen atoms in total. The maximum absolute atomic E-state index is 12.1. The largest absolute Gasteiger partial charge is 0.300 e. The predicted molar refractivity (Wildman–Crippen MR) is 79.9 cm³/mol. The summed E-state index contributed by atoms with van der Waals surface area (Å²) in [6, 6.07) is 7.48. The molecule has 20 heavy (non-hydrogen) atoms. The third kappa shape index (κ3) is 2.42. The van der Waals surface area contributed by atoms with Crippen molar-refractivity contribution in [1.82, 2.24) is 14.8 Å². The first kappa shape index (κ1) is 12.8. The van der Waals surface area contributed by atoms with Gasteiger partial charge in [-0.15, -0.1) is 0 Å². The number of aryl methyl sites for hydroxylation is 1. The highest BCUT2D eigenvalue weighted by Gasteiger charge is 2.16. The Morgan fingerprint density at radius 2 is 2.30 bits per heavy atom. The third-order valence-electron chi connectivity index (χ3n) is 3.08. The number of nitrogens with zero attached hydrogens (tertiary/aromatic N) is 3. The smallest absolute Gasteiger partial charge is 0.250 e. The molecule has 1 unspecified atom stereocenters. The highest BCUT2D eigenvalue weighted by Crippen LogP contribution is 2.27. The summed E-state index contributed by atoms with van der Waals surface area (Å²) in [5, 5.41) is 7.54. The minimum Gasteiger partial charge on any atom is -0.300 e. The van der Waals surface area contributed by atoms with Crippen molar-refractivity contribution in [2.45, 2.75) is 19.9 Å². The van der Waals surface area contributed by atoms with Gasteiger partial charge in [0.05, 0.1) is 10.2 Å². The topological polar surface area (TPSA) is 59.8 Å². The first-order valence-corrected chi connectivity index (χ1v) is 7.12. The van der Waals surface area contributed by atoms with Crippen molar-refractivity contribution in [3.8, 4) is 0 Å². The van der Waals surface area contributed by atoms with Crippen LogP contribution in [-0.4, -0.2) is 20.7 Å². The minimum absolute atomic E-state index is 0.121. The average Bonchev–Trinajstić information content (AvgIpc) is 3.05. The molecular weight excluding hydrogens is 272 g/mol. The second kappa shape index (κ2) is 5.05. The minimum atomic E-state index is -0.362. The Labute approximate surface area is 120 Å². The molecule has 0 bridgehead atoms. The van der Waals surface area contributed by atoms with Crippen molar-refractivity contribution in [3.05, 3.63) is 42.2 Å². The molecule has 6 heteroatoms. The number of amides is 1. The van der Waals surface area contributed by atoms with Gasteiger partial charge in [0.15, 0.2) is 5.13 Å². The van der Waals surface area contributed by atoms with Crippen LogP contribution < -0.4 is 5.32 Å². The Hall–Kier alpha value is -2.21. The Balaban J connectivity index is 1.80. The van der Waals surface area contributed by atoms with Crippen LogP contribution in [0, 0.1) is 6.92 Å². The summed E-state index contributed by atoms with van der Waals surface area (Å²) >= 11 is 1.48. The Bertz CT molecular complexity index is 748. The molecule has 1 atom stereocenters. The van der Waals surface area contributed by atoms with Crippen molar-refractivity contribution < 1.29 is 4.79 Å². The van der Waals surface area contributed by atoms with Crippen LogP contribution in [0.5, 0.6) is 0 Å². The van der Waals surface area contributed by atoms with Gasteiger partial charge in [-0.05, 0) is 37.6 Å². The second-order valence-corrected chi connectivity index (χ2v) is 5.67. The lowest BCUT2D eigenvalue weighted by Gasteiger charge is -2.10. The number of benzene rings is 1. The molecule has 0 aliphatic rings. The first-order valence-electron chi connectivity index (χ1n) is 6.30. The maximum atomic E-state index is 12.1. The first-order chi connectivity index (χ1) is 9.63. The predicted octanol–water partition coefficient (Wildman–Crippen LogP) is 3.00. The van der Waals surface area contributed by atoms with Gasteiger partial charge in [-0.2, -0.15) is 5.10 Å². The third-order valence-corrected chi connectivity index (χ3v) is 4.01. The summed E-state index contributed by atoms with van der Waals surface area (Å²) in [5.74, 6) is -0.121. The van der Waals surface area contributed by atoms with E-state index in [0.29, 0.717) is 5.13 Å². The number of rotatable bonds is 3. The van der Waals surface area contributed by atoms with E-state index in [1.165, 1.54) is 16.9 Å². The molecule has 0 radical (unpaired) electrons. The van der Waals surface area contributed by atoms with Crippen LogP contribution in [0.3, 0.4) is 0 Å². The number of nitrogens with one attached hydrogen (secondary N) is 1. The maximum Gasteiger partial charge on any atom is 0.250 e. The fourth-order valence-corrected chi connectivity index (χ4v) is 2.89. The van der Waals surface area contributed by atoms with Gasteiger partial charge in [0.1, 0.15) is 6.04 Å². The van der Waals surface area contributed by atoms with Crippen LogP contribution in [-0.2, 0) is 4.79 Å². The molecule has 0 saturated carbocycles. The molecular formula is C14H14N4OS. The molecule has 0 spiro atoms. The van der Waals surface area contributed by atoms with Crippen LogP contribution in [0.15, 0.2) is 36.7 Å². The molecule has 3 rings (SSSR count). The SMILES string of the molecule is Cc1ccc2nc(NC(=O)C(C)n3cccn3)sc2c1.